The average Bonchev–Trinajstić information content (AvgIpc) is 3.37. The van der Waals surface area contributed by atoms with Gasteiger partial charge in [0.1, 0.15) is 0 Å². The van der Waals surface area contributed by atoms with Gasteiger partial charge in [-0.1, -0.05) is 136 Å². The van der Waals surface area contributed by atoms with Gasteiger partial charge in [-0.15, -0.1) is 0 Å². The van der Waals surface area contributed by atoms with Gasteiger partial charge in [-0.3, -0.25) is 0 Å². The van der Waals surface area contributed by atoms with Crippen LogP contribution >= 0.6 is 0 Å². The summed E-state index contributed by atoms with van der Waals surface area (Å²) in [6, 6.07) is 9.43. The van der Waals surface area contributed by atoms with Crippen LogP contribution in [0.3, 0.4) is 0 Å². The van der Waals surface area contributed by atoms with Gasteiger partial charge in [-0.05, 0) is 131 Å². The number of rotatable bonds is 26. The Kier molecular flexibility index (Phi) is 24.8. The number of nitrogens with zero attached hydrogens (tertiary/aromatic N) is 2. The molecule has 1 aliphatic heterocycles. The van der Waals surface area contributed by atoms with Crippen LogP contribution in [0.2, 0.25) is 10.8 Å². The normalized spacial score (nSPS) is 13.1. The Morgan fingerprint density at radius 3 is 1.06 bits per heavy atom. The minimum absolute atomic E-state index is 0.950. The van der Waals surface area contributed by atoms with E-state index in [0.29, 0.717) is 0 Å². The Balaban J connectivity index is 0.00000313. The first-order valence-electron chi connectivity index (χ1n) is 22.0. The van der Waals surface area contributed by atoms with Crippen LogP contribution in [0.15, 0.2) is 35.4 Å². The molecule has 2 aromatic carbocycles. The zero-order valence-electron chi connectivity index (χ0n) is 36.5. The summed E-state index contributed by atoms with van der Waals surface area (Å²) in [5.74, 6) is 0. The quantitative estimate of drug-likeness (QED) is 0.0513. The fourth-order valence-electron chi connectivity index (χ4n) is 8.49. The summed E-state index contributed by atoms with van der Waals surface area (Å²) in [5.41, 5.74) is 27.5. The van der Waals surface area contributed by atoms with E-state index in [1.54, 1.807) is 4.70 Å². The zero-order valence-corrected chi connectivity index (χ0v) is 38.0. The van der Waals surface area contributed by atoms with Crippen LogP contribution in [0.5, 0.6) is 0 Å². The second-order valence-corrected chi connectivity index (χ2v) is 17.8. The molecule has 0 N–H and O–H groups in total. The Labute approximate surface area is 338 Å². The molecule has 3 rings (SSSR count). The molecule has 0 fully saturated rings. The molecule has 0 aliphatic carbocycles. The third kappa shape index (κ3) is 16.1. The number of unbranched alkanes of at least 4 members (excludes halogenated alkanes) is 18. The van der Waals surface area contributed by atoms with E-state index in [0.717, 1.165) is 54.2 Å². The Morgan fingerprint density at radius 1 is 0.434 bits per heavy atom. The van der Waals surface area contributed by atoms with Crippen molar-refractivity contribution in [1.82, 2.24) is 0 Å². The van der Waals surface area contributed by atoms with E-state index in [1.807, 2.05) is 0 Å². The SMILES string of the molecule is CCCCCCCCCCCC1=C(c2cc(C)c(CCCCCCCC)c(C)c2)[N+](=[N-])C(c2cc(C)c(CCCCCCCC)c(C)c2)=C1C.[CH3][Pd][CH3]. The van der Waals surface area contributed by atoms with E-state index in [1.165, 1.54) is 185 Å². The van der Waals surface area contributed by atoms with Crippen molar-refractivity contribution in [1.29, 1.82) is 0 Å². The third-order valence-electron chi connectivity index (χ3n) is 11.5. The molecule has 302 valence electrons. The number of hydrogen-bond donors (Lipinski definition) is 0. The van der Waals surface area contributed by atoms with Gasteiger partial charge < -0.3 is 5.53 Å². The molecule has 0 aromatic heterocycles. The molecule has 0 radical (unpaired) electrons. The fourth-order valence-corrected chi connectivity index (χ4v) is 8.49. The van der Waals surface area contributed by atoms with Gasteiger partial charge >= 0.3 is 28.8 Å². The maximum absolute atomic E-state index is 12.1. The molecule has 53 heavy (non-hydrogen) atoms. The van der Waals surface area contributed by atoms with Crippen LogP contribution in [-0.4, -0.2) is 4.70 Å². The standard InChI is InChI=1S/C48H76N2.2CH3.Pd/c1-9-12-15-18-21-22-23-26-29-32-46-41(8)47(42-33-37(4)44(38(5)34-42)30-27-24-19-16-13-10-2)50(49)48(46)43-35-39(6)45(40(7)36-43)31-28-25-20-17-14-11-3;;;/h33-36H,9-32H2,1-8H3;2*1H3;. The van der Waals surface area contributed by atoms with Crippen LogP contribution < -0.4 is 0 Å². The molecule has 0 bridgehead atoms. The van der Waals surface area contributed by atoms with E-state index in [9.17, 15) is 5.53 Å². The predicted molar refractivity (Wildman–Crippen MR) is 233 cm³/mol. The molecular weight excluding hydrogens is 735 g/mol. The van der Waals surface area contributed by atoms with Crippen molar-refractivity contribution in [2.45, 2.75) is 220 Å². The van der Waals surface area contributed by atoms with Crippen LogP contribution in [0, 0.1) is 27.7 Å². The summed E-state index contributed by atoms with van der Waals surface area (Å²) >= 11 is 0.950. The maximum atomic E-state index is 12.1. The Morgan fingerprint density at radius 2 is 0.717 bits per heavy atom. The molecule has 2 nitrogen and oxygen atoms in total. The molecule has 0 unspecified atom stereocenters. The Hall–Kier alpha value is -1.82. The molecule has 1 aliphatic rings. The van der Waals surface area contributed by atoms with Crippen molar-refractivity contribution >= 4 is 11.4 Å². The first-order chi connectivity index (χ1) is 25.7. The number of hydrogen-bond acceptors (Lipinski definition) is 0. The predicted octanol–water partition coefficient (Wildman–Crippen LogP) is 17.0. The molecule has 0 amide bonds. The molecule has 1 heterocycles. The summed E-state index contributed by atoms with van der Waals surface area (Å²) in [6.45, 7) is 18.3. The molecule has 2 aromatic rings. The van der Waals surface area contributed by atoms with Crippen molar-refractivity contribution in [3.05, 3.63) is 85.5 Å². The van der Waals surface area contributed by atoms with E-state index in [4.69, 9.17) is 0 Å². The van der Waals surface area contributed by atoms with E-state index >= 15 is 0 Å². The second kappa shape index (κ2) is 27.7. The number of aryl methyl sites for hydroxylation is 4. The summed E-state index contributed by atoms with van der Waals surface area (Å²) in [5, 5.41) is 4.35. The molecule has 0 spiro atoms. The van der Waals surface area contributed by atoms with E-state index in [-0.39, 0.29) is 0 Å². The number of allylic oxidation sites excluding steroid dienone is 2. The van der Waals surface area contributed by atoms with Gasteiger partial charge in [0.15, 0.2) is 0 Å². The first-order valence-corrected chi connectivity index (χ1v) is 25.1. The van der Waals surface area contributed by atoms with Gasteiger partial charge in [0, 0.05) is 22.3 Å². The van der Waals surface area contributed by atoms with Gasteiger partial charge in [-0.25, -0.2) is 4.70 Å². The van der Waals surface area contributed by atoms with Crippen molar-refractivity contribution in [2.75, 3.05) is 0 Å². The zero-order chi connectivity index (χ0) is 39.0. The van der Waals surface area contributed by atoms with Crippen LogP contribution in [0.4, 0.5) is 0 Å². The summed E-state index contributed by atoms with van der Waals surface area (Å²) in [7, 11) is 0. The molecule has 0 saturated heterocycles. The van der Waals surface area contributed by atoms with Crippen molar-refractivity contribution in [2.24, 2.45) is 0 Å². The summed E-state index contributed by atoms with van der Waals surface area (Å²) < 4.78 is 1.57. The monoisotopic (exact) mass is 817 g/mol. The van der Waals surface area contributed by atoms with Gasteiger partial charge in [-0.2, -0.15) is 0 Å². The average molecular weight is 818 g/mol. The third-order valence-corrected chi connectivity index (χ3v) is 11.5. The fraction of sp³-hybridized carbons (Fsp3) is 0.680. The molecule has 3 heteroatoms. The van der Waals surface area contributed by atoms with Crippen molar-refractivity contribution < 1.29 is 22.7 Å². The number of benzene rings is 2. The van der Waals surface area contributed by atoms with Gasteiger partial charge in [0.25, 0.3) is 0 Å². The summed E-state index contributed by atoms with van der Waals surface area (Å²) in [6.07, 6.45) is 31.2. The van der Waals surface area contributed by atoms with Crippen LogP contribution in [0.1, 0.15) is 213 Å². The molecule has 0 atom stereocenters. The van der Waals surface area contributed by atoms with Gasteiger partial charge in [0.05, 0.1) is 0 Å². The second-order valence-electron chi connectivity index (χ2n) is 16.2. The summed E-state index contributed by atoms with van der Waals surface area (Å²) in [4.78, 5) is 0. The van der Waals surface area contributed by atoms with Crippen LogP contribution in [-0.2, 0) is 30.8 Å². The molecular formula is C50H82N2Pd. The Bertz CT molecular complexity index is 1380. The van der Waals surface area contributed by atoms with Crippen molar-refractivity contribution in [3.8, 4) is 0 Å². The minimum atomic E-state index is 0.950. The topological polar surface area (TPSA) is 25.3 Å². The van der Waals surface area contributed by atoms with E-state index in [2.05, 4.69) is 90.4 Å². The van der Waals surface area contributed by atoms with Crippen LogP contribution in [0.25, 0.3) is 16.9 Å². The van der Waals surface area contributed by atoms with Crippen molar-refractivity contribution in [3.63, 3.8) is 0 Å². The van der Waals surface area contributed by atoms with E-state index < -0.39 is 0 Å². The molecule has 0 saturated carbocycles. The van der Waals surface area contributed by atoms with Gasteiger partial charge in [0.2, 0.25) is 11.4 Å². The first kappa shape index (κ1) is 47.3.